The summed E-state index contributed by atoms with van der Waals surface area (Å²) in [4.78, 5) is 56.6. The topological polar surface area (TPSA) is 192 Å². The minimum Gasteiger partial charge on any atom is -0.330 e. The van der Waals surface area contributed by atoms with Crippen molar-refractivity contribution >= 4 is 69.9 Å². The van der Waals surface area contributed by atoms with Crippen LogP contribution in [0.5, 0.6) is 0 Å². The number of nitrogens with two attached hydrogens (primary N) is 2. The zero-order chi connectivity index (χ0) is 42.0. The van der Waals surface area contributed by atoms with Crippen LogP contribution in [-0.4, -0.2) is 74.4 Å². The molecule has 3 aromatic rings. The summed E-state index contributed by atoms with van der Waals surface area (Å²) < 4.78 is 0. The number of thioether (sulfide) groups is 2. The van der Waals surface area contributed by atoms with Crippen LogP contribution in [0.4, 0.5) is 22.7 Å². The lowest BCUT2D eigenvalue weighted by atomic mass is 9.86. The molecule has 0 radical (unpaired) electrons. The van der Waals surface area contributed by atoms with E-state index >= 15 is 0 Å². The van der Waals surface area contributed by atoms with Crippen LogP contribution >= 0.6 is 23.5 Å². The van der Waals surface area contributed by atoms with Gasteiger partial charge in [-0.25, -0.2) is 0 Å². The van der Waals surface area contributed by atoms with Gasteiger partial charge < -0.3 is 43.4 Å². The summed E-state index contributed by atoms with van der Waals surface area (Å²) in [6, 6.07) is 14.5. The van der Waals surface area contributed by atoms with Gasteiger partial charge in [-0.2, -0.15) is 0 Å². The van der Waals surface area contributed by atoms with Gasteiger partial charge in [-0.05, 0) is 116 Å². The van der Waals surface area contributed by atoms with Gasteiger partial charge in [0.05, 0.1) is 32.5 Å². The van der Waals surface area contributed by atoms with E-state index in [1.807, 2.05) is 24.3 Å². The first-order chi connectivity index (χ1) is 27.6. The summed E-state index contributed by atoms with van der Waals surface area (Å²) in [5, 5.41) is 19.3. The van der Waals surface area contributed by atoms with Crippen LogP contribution in [0.2, 0.25) is 0 Å². The molecule has 0 atom stereocenters. The van der Waals surface area contributed by atoms with Crippen molar-refractivity contribution in [2.45, 2.75) is 87.8 Å². The molecule has 4 amide bonds. The molecule has 0 bridgehead atoms. The number of rotatable bonds is 14. The monoisotopic (exact) mass is 830 g/mol. The largest absolute Gasteiger partial charge is 0.330 e. The van der Waals surface area contributed by atoms with E-state index < -0.39 is 11.8 Å². The Balaban J connectivity index is 1.45. The molecule has 58 heavy (non-hydrogen) atoms. The van der Waals surface area contributed by atoms with Crippen molar-refractivity contribution in [1.29, 1.82) is 0 Å². The lowest BCUT2D eigenvalue weighted by molar-refractivity contribution is -0.121. The zero-order valence-corrected chi connectivity index (χ0v) is 36.5. The number of carbonyl (C=O) groups is 4. The highest BCUT2D eigenvalue weighted by Gasteiger charge is 2.28. The molecule has 2 fully saturated rings. The third-order valence-electron chi connectivity index (χ3n) is 10.5. The van der Waals surface area contributed by atoms with E-state index in [0.717, 1.165) is 72.8 Å². The summed E-state index contributed by atoms with van der Waals surface area (Å²) in [5.74, 6) is 0.0820. The van der Waals surface area contributed by atoms with Crippen LogP contribution in [0.3, 0.4) is 0 Å². The summed E-state index contributed by atoms with van der Waals surface area (Å²) in [6.45, 7) is 16.5. The minimum atomic E-state index is -0.400. The average molecular weight is 831 g/mol. The third-order valence-corrected chi connectivity index (χ3v) is 12.8. The Hall–Kier alpha value is -3.92. The summed E-state index contributed by atoms with van der Waals surface area (Å²) >= 11 is 2.96. The van der Waals surface area contributed by atoms with E-state index in [1.165, 1.54) is 23.5 Å². The van der Waals surface area contributed by atoms with Crippen LogP contribution in [0, 0.1) is 11.8 Å². The van der Waals surface area contributed by atoms with E-state index in [-0.39, 0.29) is 34.5 Å². The molecule has 12 nitrogen and oxygen atoms in total. The molecule has 2 saturated heterocycles. The molecule has 0 aliphatic carbocycles. The zero-order valence-electron chi connectivity index (χ0n) is 34.9. The van der Waals surface area contributed by atoms with Crippen LogP contribution in [-0.2, 0) is 20.4 Å². The Morgan fingerprint density at radius 3 is 1.26 bits per heavy atom. The number of carbonyl (C=O) groups excluding carboxylic acids is 4. The van der Waals surface area contributed by atoms with Gasteiger partial charge in [0, 0.05) is 47.6 Å². The SMILES string of the molecule is CC(C)(C)c1cc(NC(=O)c2cccc(C(=O)Nc3cc(C(C)(C)C)cc(NC(=O)C4CCNCC4)c3SCCN)c2)c(SCCN)c(NC(=O)C2CCNCC2)c1. The molecule has 14 heteroatoms. The number of hydrogen-bond donors (Lipinski definition) is 8. The smallest absolute Gasteiger partial charge is 0.255 e. The molecule has 2 heterocycles. The standard InChI is InChI=1S/C44H62N8O4S2/c1-43(2,3)31-23-33(49-39(53)27-10-16-47-17-11-27)37(57-20-14-45)35(25-31)51-41(55)29-8-7-9-30(22-29)42(56)52-36-26-32(44(4,5)6)24-34(38(36)58-21-15-46)50-40(54)28-12-18-48-19-13-28/h7-9,22-28,47-48H,10-21,45-46H2,1-6H3,(H,49,53)(H,50,54)(H,51,55)(H,52,56). The molecule has 0 aromatic heterocycles. The molecule has 2 aliphatic rings. The first-order valence-electron chi connectivity index (χ1n) is 20.4. The lowest BCUT2D eigenvalue weighted by Gasteiger charge is -2.26. The number of nitrogens with one attached hydrogen (secondary N) is 6. The van der Waals surface area contributed by atoms with E-state index in [4.69, 9.17) is 11.5 Å². The Morgan fingerprint density at radius 1 is 0.586 bits per heavy atom. The van der Waals surface area contributed by atoms with Crippen molar-refractivity contribution in [2.24, 2.45) is 23.3 Å². The average Bonchev–Trinajstić information content (AvgIpc) is 3.20. The Kier molecular flexibility index (Phi) is 15.9. The molecular weight excluding hydrogens is 769 g/mol. The van der Waals surface area contributed by atoms with E-state index in [2.05, 4.69) is 73.4 Å². The molecule has 314 valence electrons. The molecule has 3 aromatic carbocycles. The highest BCUT2D eigenvalue weighted by Crippen LogP contribution is 2.41. The van der Waals surface area contributed by atoms with Crippen molar-refractivity contribution in [3.63, 3.8) is 0 Å². The quantitative estimate of drug-likeness (QED) is 0.0805. The first-order valence-corrected chi connectivity index (χ1v) is 22.3. The molecule has 5 rings (SSSR count). The second-order valence-corrected chi connectivity index (χ2v) is 19.3. The van der Waals surface area contributed by atoms with Gasteiger partial charge in [0.15, 0.2) is 0 Å². The number of anilines is 4. The van der Waals surface area contributed by atoms with Gasteiger partial charge in [0.2, 0.25) is 11.8 Å². The molecular formula is C44H62N8O4S2. The summed E-state index contributed by atoms with van der Waals surface area (Å²) in [7, 11) is 0. The summed E-state index contributed by atoms with van der Waals surface area (Å²) in [5.41, 5.74) is 16.2. The molecule has 10 N–H and O–H groups in total. The van der Waals surface area contributed by atoms with Gasteiger partial charge in [-0.3, -0.25) is 19.2 Å². The Bertz CT molecular complexity index is 1810. The maximum Gasteiger partial charge on any atom is 0.255 e. The second-order valence-electron chi connectivity index (χ2n) is 17.1. The normalized spacial score (nSPS) is 15.4. The third kappa shape index (κ3) is 12.1. The van der Waals surface area contributed by atoms with Gasteiger partial charge in [-0.1, -0.05) is 47.6 Å². The highest BCUT2D eigenvalue weighted by atomic mass is 32.2. The second kappa shape index (κ2) is 20.4. The van der Waals surface area contributed by atoms with E-state index in [1.54, 1.807) is 24.3 Å². The van der Waals surface area contributed by atoms with Crippen LogP contribution in [0.25, 0.3) is 0 Å². The van der Waals surface area contributed by atoms with Gasteiger partial charge in [0.1, 0.15) is 0 Å². The van der Waals surface area contributed by atoms with Gasteiger partial charge in [0.25, 0.3) is 11.8 Å². The van der Waals surface area contributed by atoms with Crippen LogP contribution in [0.1, 0.15) is 99.1 Å². The fourth-order valence-electron chi connectivity index (χ4n) is 6.96. The molecule has 0 spiro atoms. The Morgan fingerprint density at radius 2 is 0.931 bits per heavy atom. The molecule has 0 saturated carbocycles. The maximum absolute atomic E-state index is 14.1. The highest BCUT2D eigenvalue weighted by molar-refractivity contribution is 7.99. The predicted molar refractivity (Wildman–Crippen MR) is 241 cm³/mol. The van der Waals surface area contributed by atoms with Crippen molar-refractivity contribution in [3.05, 3.63) is 70.8 Å². The van der Waals surface area contributed by atoms with Crippen molar-refractivity contribution in [2.75, 3.05) is 72.0 Å². The van der Waals surface area contributed by atoms with Crippen molar-refractivity contribution in [3.8, 4) is 0 Å². The maximum atomic E-state index is 14.1. The van der Waals surface area contributed by atoms with Gasteiger partial charge >= 0.3 is 0 Å². The molecule has 0 unspecified atom stereocenters. The number of piperidine rings is 2. The number of hydrogen-bond acceptors (Lipinski definition) is 10. The molecule has 2 aliphatic heterocycles. The summed E-state index contributed by atoms with van der Waals surface area (Å²) in [6.07, 6.45) is 3.04. The number of amides is 4. The van der Waals surface area contributed by atoms with E-state index in [9.17, 15) is 19.2 Å². The fraction of sp³-hybridized carbons (Fsp3) is 0.500. The number of benzene rings is 3. The van der Waals surface area contributed by atoms with Crippen LogP contribution < -0.4 is 43.4 Å². The minimum absolute atomic E-state index is 0.0351. The van der Waals surface area contributed by atoms with Crippen molar-refractivity contribution in [1.82, 2.24) is 10.6 Å². The van der Waals surface area contributed by atoms with Crippen molar-refractivity contribution < 1.29 is 19.2 Å². The fourth-order valence-corrected chi connectivity index (χ4v) is 8.66. The van der Waals surface area contributed by atoms with E-state index in [0.29, 0.717) is 58.5 Å². The lowest BCUT2D eigenvalue weighted by Crippen LogP contribution is -2.34. The first kappa shape index (κ1) is 45.2. The predicted octanol–water partition coefficient (Wildman–Crippen LogP) is 6.76. The van der Waals surface area contributed by atoms with Gasteiger partial charge in [-0.15, -0.1) is 23.5 Å². The Labute approximate surface area is 352 Å². The van der Waals surface area contributed by atoms with Crippen LogP contribution in [0.15, 0.2) is 58.3 Å².